The van der Waals surface area contributed by atoms with E-state index in [-0.39, 0.29) is 0 Å². The van der Waals surface area contributed by atoms with Gasteiger partial charge in [0.1, 0.15) is 6.10 Å². The lowest BCUT2D eigenvalue weighted by atomic mass is 10.0. The summed E-state index contributed by atoms with van der Waals surface area (Å²) in [6.07, 6.45) is 3.60. The SMILES string of the molecule is CCCN(CC)CCCNC1=CC(O)C1=S. The highest BCUT2D eigenvalue weighted by Gasteiger charge is 2.22. The van der Waals surface area contributed by atoms with Crippen molar-refractivity contribution in [2.45, 2.75) is 32.8 Å². The summed E-state index contributed by atoms with van der Waals surface area (Å²) in [6, 6.07) is 0. The van der Waals surface area contributed by atoms with Gasteiger partial charge in [-0.3, -0.25) is 0 Å². The van der Waals surface area contributed by atoms with Gasteiger partial charge in [-0.15, -0.1) is 0 Å². The molecule has 1 atom stereocenters. The summed E-state index contributed by atoms with van der Waals surface area (Å²) in [6.45, 7) is 8.76. The number of hydrogen-bond acceptors (Lipinski definition) is 4. The van der Waals surface area contributed by atoms with Gasteiger partial charge in [0, 0.05) is 6.54 Å². The molecule has 1 rings (SSSR count). The molecule has 0 aromatic rings. The molecule has 2 N–H and O–H groups in total. The van der Waals surface area contributed by atoms with Gasteiger partial charge in [-0.2, -0.15) is 0 Å². The van der Waals surface area contributed by atoms with Crippen molar-refractivity contribution in [3.63, 3.8) is 0 Å². The first-order valence-corrected chi connectivity index (χ1v) is 6.50. The third-order valence-electron chi connectivity index (χ3n) is 2.81. The van der Waals surface area contributed by atoms with Gasteiger partial charge in [0.05, 0.1) is 10.6 Å². The lowest BCUT2D eigenvalue weighted by Crippen LogP contribution is -2.37. The number of nitrogens with zero attached hydrogens (tertiary/aromatic N) is 1. The Bertz CT molecular complexity index is 266. The van der Waals surface area contributed by atoms with E-state index in [2.05, 4.69) is 24.1 Å². The van der Waals surface area contributed by atoms with Crippen molar-refractivity contribution >= 4 is 17.1 Å². The highest BCUT2D eigenvalue weighted by Crippen LogP contribution is 2.13. The number of aliphatic hydroxyl groups excluding tert-OH is 1. The first-order valence-electron chi connectivity index (χ1n) is 6.09. The van der Waals surface area contributed by atoms with Crippen LogP contribution in [0.5, 0.6) is 0 Å². The molecule has 3 nitrogen and oxygen atoms in total. The molecular formula is C12H22N2OS. The first kappa shape index (κ1) is 13.6. The number of hydrogen-bond donors (Lipinski definition) is 2. The third kappa shape index (κ3) is 3.85. The van der Waals surface area contributed by atoms with E-state index in [0.717, 1.165) is 31.8 Å². The lowest BCUT2D eigenvalue weighted by molar-refractivity contribution is 0.277. The molecule has 1 unspecified atom stereocenters. The van der Waals surface area contributed by atoms with Crippen LogP contribution in [0.1, 0.15) is 26.7 Å². The molecular weight excluding hydrogens is 220 g/mol. The van der Waals surface area contributed by atoms with Crippen LogP contribution in [0.2, 0.25) is 0 Å². The summed E-state index contributed by atoms with van der Waals surface area (Å²) in [5.74, 6) is 0. The van der Waals surface area contributed by atoms with Crippen LogP contribution in [0.25, 0.3) is 0 Å². The maximum absolute atomic E-state index is 9.17. The summed E-state index contributed by atoms with van der Waals surface area (Å²) in [5, 5.41) is 12.4. The highest BCUT2D eigenvalue weighted by atomic mass is 32.1. The fraction of sp³-hybridized carbons (Fsp3) is 0.750. The Labute approximate surface area is 104 Å². The summed E-state index contributed by atoms with van der Waals surface area (Å²) in [5.41, 5.74) is 0.945. The Balaban J connectivity index is 2.08. The molecule has 1 aliphatic rings. The second-order valence-electron chi connectivity index (χ2n) is 4.10. The third-order valence-corrected chi connectivity index (χ3v) is 3.27. The molecule has 0 saturated heterocycles. The molecule has 0 aromatic carbocycles. The maximum atomic E-state index is 9.17. The quantitative estimate of drug-likeness (QED) is 0.497. The molecule has 92 valence electrons. The Kier molecular flexibility index (Phi) is 5.95. The van der Waals surface area contributed by atoms with Gasteiger partial charge in [0.15, 0.2) is 0 Å². The van der Waals surface area contributed by atoms with E-state index < -0.39 is 6.10 Å². The zero-order valence-corrected chi connectivity index (χ0v) is 11.0. The van der Waals surface area contributed by atoms with E-state index in [4.69, 9.17) is 12.2 Å². The minimum atomic E-state index is -0.496. The molecule has 0 spiro atoms. The van der Waals surface area contributed by atoms with Crippen LogP contribution in [-0.4, -0.2) is 47.2 Å². The fourth-order valence-corrected chi connectivity index (χ4v) is 2.00. The summed E-state index contributed by atoms with van der Waals surface area (Å²) >= 11 is 5.00. The average molecular weight is 242 g/mol. The van der Waals surface area contributed by atoms with Crippen molar-refractivity contribution in [2.24, 2.45) is 0 Å². The highest BCUT2D eigenvalue weighted by molar-refractivity contribution is 7.81. The predicted octanol–water partition coefficient (Wildman–Crippen LogP) is 1.33. The van der Waals surface area contributed by atoms with Crippen molar-refractivity contribution in [2.75, 3.05) is 26.2 Å². The van der Waals surface area contributed by atoms with Gasteiger partial charge in [-0.25, -0.2) is 0 Å². The second-order valence-corrected chi connectivity index (χ2v) is 4.54. The Hall–Kier alpha value is -0.450. The van der Waals surface area contributed by atoms with Crippen molar-refractivity contribution in [3.8, 4) is 0 Å². The van der Waals surface area contributed by atoms with E-state index in [1.54, 1.807) is 6.08 Å². The predicted molar refractivity (Wildman–Crippen MR) is 71.7 cm³/mol. The van der Waals surface area contributed by atoms with Crippen LogP contribution < -0.4 is 5.32 Å². The van der Waals surface area contributed by atoms with Gasteiger partial charge in [-0.1, -0.05) is 26.1 Å². The molecule has 0 fully saturated rings. The molecule has 1 aliphatic carbocycles. The molecule has 0 bridgehead atoms. The van der Waals surface area contributed by atoms with Crippen molar-refractivity contribution in [3.05, 3.63) is 11.8 Å². The fourth-order valence-electron chi connectivity index (χ4n) is 1.79. The molecule has 0 aromatic heterocycles. The zero-order chi connectivity index (χ0) is 12.0. The topological polar surface area (TPSA) is 35.5 Å². The summed E-state index contributed by atoms with van der Waals surface area (Å²) in [4.78, 5) is 3.10. The number of thiocarbonyl (C=S) groups is 1. The number of nitrogens with one attached hydrogen (secondary N) is 1. The smallest absolute Gasteiger partial charge is 0.111 e. The van der Waals surface area contributed by atoms with Crippen LogP contribution in [0.15, 0.2) is 11.8 Å². The van der Waals surface area contributed by atoms with Gasteiger partial charge >= 0.3 is 0 Å². The second kappa shape index (κ2) is 6.99. The molecule has 0 amide bonds. The van der Waals surface area contributed by atoms with Gasteiger partial charge in [0.25, 0.3) is 0 Å². The molecule has 4 heteroatoms. The first-order chi connectivity index (χ1) is 7.69. The number of aliphatic hydroxyl groups is 1. The van der Waals surface area contributed by atoms with Gasteiger partial charge in [-0.05, 0) is 38.6 Å². The van der Waals surface area contributed by atoms with Gasteiger partial charge in [0.2, 0.25) is 0 Å². The Morgan fingerprint density at radius 3 is 2.69 bits per heavy atom. The molecule has 0 radical (unpaired) electrons. The largest absolute Gasteiger partial charge is 0.384 e. The zero-order valence-electron chi connectivity index (χ0n) is 10.2. The van der Waals surface area contributed by atoms with Crippen LogP contribution >= 0.6 is 12.2 Å². The standard InChI is InChI=1S/C12H22N2OS/c1-3-7-14(4-2)8-5-6-13-10-9-11(15)12(10)16/h9,11,13,15H,3-8H2,1-2H3. The minimum Gasteiger partial charge on any atom is -0.384 e. The summed E-state index contributed by atoms with van der Waals surface area (Å²) in [7, 11) is 0. The number of rotatable bonds is 8. The van der Waals surface area contributed by atoms with Crippen molar-refractivity contribution in [1.82, 2.24) is 10.2 Å². The molecule has 0 heterocycles. The molecule has 16 heavy (non-hydrogen) atoms. The minimum absolute atomic E-state index is 0.496. The van der Waals surface area contributed by atoms with E-state index in [0.29, 0.717) is 4.86 Å². The Morgan fingerprint density at radius 1 is 1.44 bits per heavy atom. The van der Waals surface area contributed by atoms with E-state index in [9.17, 15) is 5.11 Å². The van der Waals surface area contributed by atoms with Crippen LogP contribution in [-0.2, 0) is 0 Å². The lowest BCUT2D eigenvalue weighted by Gasteiger charge is -2.24. The monoisotopic (exact) mass is 242 g/mol. The normalized spacial score (nSPS) is 19.6. The van der Waals surface area contributed by atoms with Crippen LogP contribution in [0.3, 0.4) is 0 Å². The van der Waals surface area contributed by atoms with Crippen molar-refractivity contribution < 1.29 is 5.11 Å². The van der Waals surface area contributed by atoms with Crippen molar-refractivity contribution in [1.29, 1.82) is 0 Å². The Morgan fingerprint density at radius 2 is 2.19 bits per heavy atom. The van der Waals surface area contributed by atoms with Crippen LogP contribution in [0.4, 0.5) is 0 Å². The van der Waals surface area contributed by atoms with E-state index >= 15 is 0 Å². The van der Waals surface area contributed by atoms with Gasteiger partial charge < -0.3 is 15.3 Å². The molecule has 0 aliphatic heterocycles. The summed E-state index contributed by atoms with van der Waals surface area (Å²) < 4.78 is 0. The maximum Gasteiger partial charge on any atom is 0.111 e. The van der Waals surface area contributed by atoms with E-state index in [1.165, 1.54) is 13.0 Å². The average Bonchev–Trinajstić information content (AvgIpc) is 2.31. The molecule has 0 saturated carbocycles. The van der Waals surface area contributed by atoms with E-state index in [1.807, 2.05) is 0 Å². The van der Waals surface area contributed by atoms with Crippen LogP contribution in [0, 0.1) is 0 Å².